The highest BCUT2D eigenvalue weighted by Gasteiger charge is 2.16. The Morgan fingerprint density at radius 3 is 2.48 bits per heavy atom. The van der Waals surface area contributed by atoms with Gasteiger partial charge in [-0.3, -0.25) is 4.90 Å². The molecule has 0 unspecified atom stereocenters. The molecule has 0 saturated carbocycles. The van der Waals surface area contributed by atoms with E-state index < -0.39 is 0 Å². The molecule has 1 heterocycles. The third-order valence-electron chi connectivity index (χ3n) is 4.11. The minimum absolute atomic E-state index is 0. The van der Waals surface area contributed by atoms with Crippen molar-refractivity contribution in [2.45, 2.75) is 39.0 Å². The molecule has 1 saturated heterocycles. The Balaban J connectivity index is 0.00000312. The van der Waals surface area contributed by atoms with Crippen LogP contribution < -0.4 is 10.6 Å². The number of aliphatic hydroxyl groups is 1. The zero-order valence-electron chi connectivity index (χ0n) is 14.9. The van der Waals surface area contributed by atoms with E-state index in [0.29, 0.717) is 13.1 Å². The average Bonchev–Trinajstić information content (AvgIpc) is 2.60. The monoisotopic (exact) mass is 456 g/mol. The molecule has 6 heteroatoms. The number of aliphatic imine (C=N–C) groups is 1. The minimum atomic E-state index is -0.115. The SMILES string of the molecule is C#CCNC(=NCc1ccc(CN2CCC(O)CC2)cc1)NCC.I. The van der Waals surface area contributed by atoms with E-state index in [1.165, 1.54) is 11.1 Å². The van der Waals surface area contributed by atoms with Crippen LogP contribution in [0.2, 0.25) is 0 Å². The van der Waals surface area contributed by atoms with Gasteiger partial charge in [-0.05, 0) is 30.9 Å². The van der Waals surface area contributed by atoms with Gasteiger partial charge >= 0.3 is 0 Å². The molecule has 0 atom stereocenters. The summed E-state index contributed by atoms with van der Waals surface area (Å²) in [6.45, 7) is 6.82. The van der Waals surface area contributed by atoms with E-state index in [0.717, 1.165) is 45.0 Å². The lowest BCUT2D eigenvalue weighted by Crippen LogP contribution is -2.37. The first-order valence-electron chi connectivity index (χ1n) is 8.65. The van der Waals surface area contributed by atoms with Crippen molar-refractivity contribution in [3.05, 3.63) is 35.4 Å². The number of likely N-dealkylation sites (tertiary alicyclic amines) is 1. The molecular weight excluding hydrogens is 427 g/mol. The number of benzene rings is 1. The Bertz CT molecular complexity index is 560. The van der Waals surface area contributed by atoms with E-state index in [9.17, 15) is 5.11 Å². The van der Waals surface area contributed by atoms with Gasteiger partial charge in [0.2, 0.25) is 0 Å². The van der Waals surface area contributed by atoms with Gasteiger partial charge in [0.15, 0.2) is 5.96 Å². The number of rotatable bonds is 6. The molecule has 0 amide bonds. The van der Waals surface area contributed by atoms with Crippen LogP contribution in [0.25, 0.3) is 0 Å². The van der Waals surface area contributed by atoms with E-state index in [1.807, 2.05) is 6.92 Å². The van der Waals surface area contributed by atoms with E-state index in [1.54, 1.807) is 0 Å². The molecule has 1 aliphatic rings. The number of aliphatic hydroxyl groups excluding tert-OH is 1. The lowest BCUT2D eigenvalue weighted by atomic mass is 10.1. The Hall–Kier alpha value is -1.30. The molecule has 3 N–H and O–H groups in total. The normalized spacial score (nSPS) is 16.0. The summed E-state index contributed by atoms with van der Waals surface area (Å²) in [6, 6.07) is 8.58. The smallest absolute Gasteiger partial charge is 0.192 e. The summed E-state index contributed by atoms with van der Waals surface area (Å²) >= 11 is 0. The summed E-state index contributed by atoms with van der Waals surface area (Å²) in [4.78, 5) is 6.93. The van der Waals surface area contributed by atoms with Crippen molar-refractivity contribution < 1.29 is 5.11 Å². The molecule has 1 aliphatic heterocycles. The summed E-state index contributed by atoms with van der Waals surface area (Å²) < 4.78 is 0. The van der Waals surface area contributed by atoms with Gasteiger partial charge in [-0.2, -0.15) is 0 Å². The van der Waals surface area contributed by atoms with Crippen molar-refractivity contribution >= 4 is 29.9 Å². The molecule has 0 radical (unpaired) electrons. The quantitative estimate of drug-likeness (QED) is 0.265. The number of nitrogens with one attached hydrogen (secondary N) is 2. The molecular formula is C19H29IN4O. The Kier molecular flexibility index (Phi) is 10.5. The zero-order valence-corrected chi connectivity index (χ0v) is 17.2. The first-order valence-corrected chi connectivity index (χ1v) is 8.65. The van der Waals surface area contributed by atoms with Crippen LogP contribution in [0.1, 0.15) is 30.9 Å². The van der Waals surface area contributed by atoms with Crippen LogP contribution in [-0.4, -0.2) is 48.2 Å². The molecule has 25 heavy (non-hydrogen) atoms. The maximum atomic E-state index is 9.57. The number of piperidine rings is 1. The Morgan fingerprint density at radius 1 is 1.24 bits per heavy atom. The standard InChI is InChI=1S/C19H28N4O.HI/c1-3-11-21-19(20-4-2)22-14-16-5-7-17(8-6-16)15-23-12-9-18(24)10-13-23;/h1,5-8,18,24H,4,9-15H2,2H3,(H2,20,21,22);1H. The minimum Gasteiger partial charge on any atom is -0.393 e. The molecule has 0 bridgehead atoms. The molecule has 1 aromatic rings. The Morgan fingerprint density at radius 2 is 1.88 bits per heavy atom. The maximum absolute atomic E-state index is 9.57. The number of guanidine groups is 1. The van der Waals surface area contributed by atoms with Crippen LogP contribution in [0.4, 0.5) is 0 Å². The number of terminal acetylenes is 1. The largest absolute Gasteiger partial charge is 0.393 e. The highest BCUT2D eigenvalue weighted by molar-refractivity contribution is 14.0. The van der Waals surface area contributed by atoms with E-state index in [-0.39, 0.29) is 30.1 Å². The van der Waals surface area contributed by atoms with Crippen molar-refractivity contribution in [1.82, 2.24) is 15.5 Å². The van der Waals surface area contributed by atoms with E-state index >= 15 is 0 Å². The fourth-order valence-corrected chi connectivity index (χ4v) is 2.73. The molecule has 2 rings (SSSR count). The molecule has 0 spiro atoms. The molecule has 0 aliphatic carbocycles. The molecule has 1 fully saturated rings. The average molecular weight is 456 g/mol. The van der Waals surface area contributed by atoms with Gasteiger partial charge in [0.05, 0.1) is 19.2 Å². The van der Waals surface area contributed by atoms with Gasteiger partial charge in [-0.15, -0.1) is 30.4 Å². The molecule has 138 valence electrons. The van der Waals surface area contributed by atoms with Crippen molar-refractivity contribution in [3.8, 4) is 12.3 Å². The van der Waals surface area contributed by atoms with Gasteiger partial charge in [0.25, 0.3) is 0 Å². The number of halogens is 1. The van der Waals surface area contributed by atoms with Crippen LogP contribution in [0.3, 0.4) is 0 Å². The highest BCUT2D eigenvalue weighted by atomic mass is 127. The number of hydrogen-bond acceptors (Lipinski definition) is 3. The fourth-order valence-electron chi connectivity index (χ4n) is 2.73. The summed E-state index contributed by atoms with van der Waals surface area (Å²) in [6.07, 6.45) is 6.91. The second-order valence-electron chi connectivity index (χ2n) is 6.08. The third kappa shape index (κ3) is 8.08. The van der Waals surface area contributed by atoms with Crippen LogP contribution >= 0.6 is 24.0 Å². The van der Waals surface area contributed by atoms with Crippen molar-refractivity contribution in [2.75, 3.05) is 26.2 Å². The van der Waals surface area contributed by atoms with Crippen molar-refractivity contribution in [2.24, 2.45) is 4.99 Å². The van der Waals surface area contributed by atoms with Gasteiger partial charge in [-0.25, -0.2) is 4.99 Å². The van der Waals surface area contributed by atoms with Gasteiger partial charge in [0, 0.05) is 26.2 Å². The predicted molar refractivity (Wildman–Crippen MR) is 114 cm³/mol. The van der Waals surface area contributed by atoms with Crippen LogP contribution in [0, 0.1) is 12.3 Å². The van der Waals surface area contributed by atoms with Crippen molar-refractivity contribution in [3.63, 3.8) is 0 Å². The molecule has 0 aromatic heterocycles. The lowest BCUT2D eigenvalue weighted by molar-refractivity contribution is 0.0792. The lowest BCUT2D eigenvalue weighted by Gasteiger charge is -2.29. The number of hydrogen-bond donors (Lipinski definition) is 3. The van der Waals surface area contributed by atoms with E-state index in [4.69, 9.17) is 6.42 Å². The van der Waals surface area contributed by atoms with E-state index in [2.05, 4.69) is 50.7 Å². The van der Waals surface area contributed by atoms with Gasteiger partial charge in [-0.1, -0.05) is 30.2 Å². The zero-order chi connectivity index (χ0) is 17.2. The first kappa shape index (κ1) is 21.7. The molecule has 1 aromatic carbocycles. The van der Waals surface area contributed by atoms with Crippen LogP contribution in [0.5, 0.6) is 0 Å². The van der Waals surface area contributed by atoms with Gasteiger partial charge in [0.1, 0.15) is 0 Å². The summed E-state index contributed by atoms with van der Waals surface area (Å²) in [7, 11) is 0. The van der Waals surface area contributed by atoms with Crippen molar-refractivity contribution in [1.29, 1.82) is 0 Å². The fraction of sp³-hybridized carbons (Fsp3) is 0.526. The predicted octanol–water partition coefficient (Wildman–Crippen LogP) is 1.95. The Labute approximate surface area is 168 Å². The summed E-state index contributed by atoms with van der Waals surface area (Å²) in [5.74, 6) is 3.29. The third-order valence-corrected chi connectivity index (χ3v) is 4.11. The maximum Gasteiger partial charge on any atom is 0.192 e. The summed E-state index contributed by atoms with van der Waals surface area (Å²) in [5.41, 5.74) is 2.47. The second-order valence-corrected chi connectivity index (χ2v) is 6.08. The summed E-state index contributed by atoms with van der Waals surface area (Å²) in [5, 5.41) is 15.8. The van der Waals surface area contributed by atoms with Crippen LogP contribution in [-0.2, 0) is 13.1 Å². The molecule has 5 nitrogen and oxygen atoms in total. The first-order chi connectivity index (χ1) is 11.7. The highest BCUT2D eigenvalue weighted by Crippen LogP contribution is 2.14. The number of nitrogens with zero attached hydrogens (tertiary/aromatic N) is 2. The van der Waals surface area contributed by atoms with Gasteiger partial charge < -0.3 is 15.7 Å². The second kappa shape index (κ2) is 12.1. The van der Waals surface area contributed by atoms with Crippen LogP contribution in [0.15, 0.2) is 29.3 Å². The topological polar surface area (TPSA) is 59.9 Å².